The molecule has 0 aliphatic carbocycles. The van der Waals surface area contributed by atoms with Gasteiger partial charge < -0.3 is 18.9 Å². The zero-order valence-corrected chi connectivity index (χ0v) is 30.6. The zero-order chi connectivity index (χ0) is 38.6. The summed E-state index contributed by atoms with van der Waals surface area (Å²) in [6, 6.07) is 9.38. The first-order valence-corrected chi connectivity index (χ1v) is 18.0. The van der Waals surface area contributed by atoms with Crippen LogP contribution in [-0.2, 0) is 28.0 Å². The van der Waals surface area contributed by atoms with Crippen LogP contribution in [-0.4, -0.2) is 100 Å². The summed E-state index contributed by atoms with van der Waals surface area (Å²) in [5, 5.41) is 3.52. The molecule has 3 saturated heterocycles. The summed E-state index contributed by atoms with van der Waals surface area (Å²) < 4.78 is 13.3. The smallest absolute Gasteiger partial charge is 0.262 e. The van der Waals surface area contributed by atoms with Gasteiger partial charge in [0.25, 0.3) is 17.4 Å². The van der Waals surface area contributed by atoms with Crippen LogP contribution in [0.2, 0.25) is 0 Å². The third kappa shape index (κ3) is 6.30. The lowest BCUT2D eigenvalue weighted by atomic mass is 9.79. The molecule has 2 aromatic heterocycles. The Morgan fingerprint density at radius 2 is 1.69 bits per heavy atom. The average Bonchev–Trinajstić information content (AvgIpc) is 3.70. The van der Waals surface area contributed by atoms with Crippen LogP contribution in [0.4, 0.5) is 0 Å². The Kier molecular flexibility index (Phi) is 8.97. The minimum absolute atomic E-state index is 0.00738. The van der Waals surface area contributed by atoms with Gasteiger partial charge in [-0.3, -0.25) is 48.9 Å². The summed E-state index contributed by atoms with van der Waals surface area (Å²) in [7, 11) is 4.99. The number of carbonyl (C=O) groups is 5. The molecule has 4 aliphatic rings. The molecular weight excluding hydrogens is 704 g/mol. The third-order valence-electron chi connectivity index (χ3n) is 11.1. The number of rotatable bonds is 7. The first-order valence-electron chi connectivity index (χ1n) is 18.0. The van der Waals surface area contributed by atoms with E-state index < -0.39 is 29.7 Å². The van der Waals surface area contributed by atoms with Crippen molar-refractivity contribution in [1.29, 1.82) is 0 Å². The normalized spacial score (nSPS) is 18.9. The molecule has 1 unspecified atom stereocenters. The minimum atomic E-state index is -1.04. The first kappa shape index (κ1) is 35.7. The van der Waals surface area contributed by atoms with Crippen molar-refractivity contribution in [2.45, 2.75) is 38.3 Å². The maximum atomic E-state index is 13.1. The Hall–Kier alpha value is -6.33. The molecule has 14 nitrogen and oxygen atoms in total. The number of aromatic nitrogens is 2. The van der Waals surface area contributed by atoms with E-state index in [1.54, 1.807) is 44.3 Å². The molecule has 6 heterocycles. The van der Waals surface area contributed by atoms with Gasteiger partial charge in [-0.2, -0.15) is 0 Å². The summed E-state index contributed by atoms with van der Waals surface area (Å²) in [4.78, 5) is 85.1. The molecule has 8 rings (SSSR count). The highest BCUT2D eigenvalue weighted by molar-refractivity contribution is 6.23. The second-order valence-corrected chi connectivity index (χ2v) is 14.6. The fourth-order valence-electron chi connectivity index (χ4n) is 8.30. The van der Waals surface area contributed by atoms with Gasteiger partial charge >= 0.3 is 0 Å². The Bertz CT molecular complexity index is 2430. The summed E-state index contributed by atoms with van der Waals surface area (Å²) >= 11 is 0. The van der Waals surface area contributed by atoms with Crippen molar-refractivity contribution in [3.05, 3.63) is 87.6 Å². The lowest BCUT2D eigenvalue weighted by molar-refractivity contribution is -0.141. The van der Waals surface area contributed by atoms with Crippen LogP contribution in [0.5, 0.6) is 11.5 Å². The molecular formula is C41H38N6O8. The minimum Gasteiger partial charge on any atom is -0.496 e. The number of likely N-dealkylation sites (tertiary alicyclic amines) is 2. The van der Waals surface area contributed by atoms with Gasteiger partial charge in [0.2, 0.25) is 17.7 Å². The maximum Gasteiger partial charge on any atom is 0.262 e. The summed E-state index contributed by atoms with van der Waals surface area (Å²) in [6.07, 6.45) is 6.15. The van der Waals surface area contributed by atoms with E-state index in [-0.39, 0.29) is 47.3 Å². The monoisotopic (exact) mass is 742 g/mol. The van der Waals surface area contributed by atoms with E-state index in [2.05, 4.69) is 27.0 Å². The van der Waals surface area contributed by atoms with Crippen molar-refractivity contribution in [2.24, 2.45) is 12.5 Å². The largest absolute Gasteiger partial charge is 0.496 e. The van der Waals surface area contributed by atoms with E-state index in [0.717, 1.165) is 46.5 Å². The SMILES string of the molecule is COc1cc(-c2cn(C)c(=O)c3cnccc23)cc(OC)c1CN1CCC2(C1)CN(C(=O)CC#Cc1ccc3c(c1)C(=O)N(C1CCC(=O)NC1=O)C3=O)C2. The van der Waals surface area contributed by atoms with Crippen LogP contribution in [0.1, 0.15) is 57.5 Å². The first-order chi connectivity index (χ1) is 26.5. The summed E-state index contributed by atoms with van der Waals surface area (Å²) in [6.45, 7) is 3.54. The van der Waals surface area contributed by atoms with Gasteiger partial charge in [0, 0.05) is 74.8 Å². The Balaban J connectivity index is 0.893. The van der Waals surface area contributed by atoms with Crippen LogP contribution >= 0.6 is 0 Å². The predicted molar refractivity (Wildman–Crippen MR) is 199 cm³/mol. The van der Waals surface area contributed by atoms with Crippen molar-refractivity contribution in [2.75, 3.05) is 40.4 Å². The third-order valence-corrected chi connectivity index (χ3v) is 11.1. The molecule has 55 heavy (non-hydrogen) atoms. The number of amides is 5. The van der Waals surface area contributed by atoms with Gasteiger partial charge in [-0.25, -0.2) is 0 Å². The number of methoxy groups -OCH3 is 2. The molecule has 3 fully saturated rings. The zero-order valence-electron chi connectivity index (χ0n) is 30.6. The number of nitrogens with zero attached hydrogens (tertiary/aromatic N) is 5. The number of nitrogens with one attached hydrogen (secondary N) is 1. The van der Waals surface area contributed by atoms with Crippen molar-refractivity contribution < 1.29 is 33.4 Å². The number of hydrogen-bond donors (Lipinski definition) is 1. The van der Waals surface area contributed by atoms with E-state index in [9.17, 15) is 28.8 Å². The fourth-order valence-corrected chi connectivity index (χ4v) is 8.30. The lowest BCUT2D eigenvalue weighted by Crippen LogP contribution is -2.59. The number of fused-ring (bicyclic) bond motifs is 2. The molecule has 4 aromatic rings. The Morgan fingerprint density at radius 1 is 0.945 bits per heavy atom. The number of hydrogen-bond acceptors (Lipinski definition) is 10. The predicted octanol–water partition coefficient (Wildman–Crippen LogP) is 2.50. The molecule has 1 N–H and O–H groups in total. The van der Waals surface area contributed by atoms with Crippen LogP contribution in [0.3, 0.4) is 0 Å². The molecule has 2 aromatic carbocycles. The molecule has 0 bridgehead atoms. The summed E-state index contributed by atoms with van der Waals surface area (Å²) in [5.41, 5.74) is 3.31. The molecule has 0 radical (unpaired) electrons. The van der Waals surface area contributed by atoms with Gasteiger partial charge in [0.15, 0.2) is 0 Å². The lowest BCUT2D eigenvalue weighted by Gasteiger charge is -2.48. The van der Waals surface area contributed by atoms with Gasteiger partial charge in [0.1, 0.15) is 17.5 Å². The van der Waals surface area contributed by atoms with Crippen LogP contribution in [0.15, 0.2) is 59.8 Å². The van der Waals surface area contributed by atoms with Crippen molar-refractivity contribution in [3.63, 3.8) is 0 Å². The Morgan fingerprint density at radius 3 is 2.42 bits per heavy atom. The van der Waals surface area contributed by atoms with Gasteiger partial charge in [-0.1, -0.05) is 11.8 Å². The van der Waals surface area contributed by atoms with E-state index in [4.69, 9.17) is 9.47 Å². The highest BCUT2D eigenvalue weighted by atomic mass is 16.5. The fraction of sp³-hybridized carbons (Fsp3) is 0.341. The van der Waals surface area contributed by atoms with E-state index >= 15 is 0 Å². The molecule has 5 amide bonds. The highest BCUT2D eigenvalue weighted by Gasteiger charge is 2.49. The second kappa shape index (κ2) is 13.8. The topological polar surface area (TPSA) is 160 Å². The van der Waals surface area contributed by atoms with E-state index in [1.165, 1.54) is 12.1 Å². The number of pyridine rings is 2. The van der Waals surface area contributed by atoms with Crippen molar-refractivity contribution in [3.8, 4) is 34.5 Å². The number of piperidine rings is 1. The van der Waals surface area contributed by atoms with Crippen molar-refractivity contribution >= 4 is 40.3 Å². The average molecular weight is 743 g/mol. The quantitative estimate of drug-likeness (QED) is 0.220. The number of imide groups is 2. The summed E-state index contributed by atoms with van der Waals surface area (Å²) in [5.74, 6) is 4.87. The number of benzene rings is 2. The molecule has 4 aliphatic heterocycles. The number of aryl methyl sites for hydroxylation is 1. The molecule has 1 spiro atoms. The van der Waals surface area contributed by atoms with Crippen LogP contribution < -0.4 is 20.3 Å². The number of ether oxygens (including phenoxy) is 2. The van der Waals surface area contributed by atoms with Gasteiger partial charge in [-0.15, -0.1) is 0 Å². The molecule has 14 heteroatoms. The van der Waals surface area contributed by atoms with E-state index in [1.807, 2.05) is 29.3 Å². The molecule has 0 saturated carbocycles. The highest BCUT2D eigenvalue weighted by Crippen LogP contribution is 2.43. The van der Waals surface area contributed by atoms with Crippen LogP contribution in [0.25, 0.3) is 21.9 Å². The van der Waals surface area contributed by atoms with Gasteiger partial charge in [0.05, 0.1) is 42.7 Å². The number of carbonyl (C=O) groups excluding carboxylic acids is 5. The maximum absolute atomic E-state index is 13.1. The standard InChI is InChI=1S/C41H38N6O8/c1-44-19-30(26-11-13-42-18-29(26)38(44)51)25-16-33(54-2)31(34(17-25)55-3)20-45-14-12-41(21-45)22-46(23-41)36(49)6-4-5-24-7-8-27-28(15-24)40(53)47(39(27)52)32-9-10-35(48)43-37(32)50/h7-8,11,13,15-19,32H,6,9-10,12,14,20-23H2,1-3H3,(H,43,48,50). The molecule has 1 atom stereocenters. The van der Waals surface area contributed by atoms with Crippen LogP contribution in [0, 0.1) is 17.3 Å². The van der Waals surface area contributed by atoms with E-state index in [0.29, 0.717) is 42.1 Å². The van der Waals surface area contributed by atoms with Gasteiger partial charge in [-0.05, 0) is 66.7 Å². The second-order valence-electron chi connectivity index (χ2n) is 14.6. The molecule has 280 valence electrons. The van der Waals surface area contributed by atoms with Crippen molar-refractivity contribution in [1.82, 2.24) is 29.6 Å². The Labute approximate surface area is 316 Å².